The minimum atomic E-state index is -0.484. The predicted molar refractivity (Wildman–Crippen MR) is 118 cm³/mol. The van der Waals surface area contributed by atoms with Crippen LogP contribution in [0.1, 0.15) is 20.9 Å². The molecule has 7 heteroatoms. The Morgan fingerprint density at radius 3 is 2.26 bits per heavy atom. The van der Waals surface area contributed by atoms with Gasteiger partial charge >= 0.3 is 0 Å². The summed E-state index contributed by atoms with van der Waals surface area (Å²) >= 11 is 0. The molecule has 0 bridgehead atoms. The number of hydrogen-bond donors (Lipinski definition) is 2. The maximum atomic E-state index is 13.0. The highest BCUT2D eigenvalue weighted by Gasteiger charge is 2.23. The van der Waals surface area contributed by atoms with E-state index >= 15 is 0 Å². The highest BCUT2D eigenvalue weighted by atomic mass is 16.5. The second kappa shape index (κ2) is 8.62. The second-order valence-corrected chi connectivity index (χ2v) is 6.67. The van der Waals surface area contributed by atoms with Crippen molar-refractivity contribution in [3.8, 4) is 11.5 Å². The van der Waals surface area contributed by atoms with Gasteiger partial charge in [0, 0.05) is 16.6 Å². The summed E-state index contributed by atoms with van der Waals surface area (Å²) in [6, 6.07) is 20.8. The van der Waals surface area contributed by atoms with E-state index in [-0.39, 0.29) is 11.7 Å². The van der Waals surface area contributed by atoms with E-state index in [2.05, 4.69) is 10.6 Å². The molecule has 0 aliphatic rings. The zero-order chi connectivity index (χ0) is 21.8. The quantitative estimate of drug-likeness (QED) is 0.464. The van der Waals surface area contributed by atoms with Gasteiger partial charge < -0.3 is 24.5 Å². The van der Waals surface area contributed by atoms with Crippen LogP contribution in [0.2, 0.25) is 0 Å². The lowest BCUT2D eigenvalue weighted by Gasteiger charge is -2.09. The lowest BCUT2D eigenvalue weighted by atomic mass is 10.1. The highest BCUT2D eigenvalue weighted by Crippen LogP contribution is 2.32. The Balaban J connectivity index is 1.66. The molecule has 0 saturated carbocycles. The molecule has 156 valence electrons. The van der Waals surface area contributed by atoms with E-state index in [1.54, 1.807) is 73.8 Å². The molecule has 0 radical (unpaired) electrons. The lowest BCUT2D eigenvalue weighted by molar-refractivity contribution is 0.0999. The Labute approximate surface area is 178 Å². The van der Waals surface area contributed by atoms with Gasteiger partial charge in [-0.3, -0.25) is 9.59 Å². The van der Waals surface area contributed by atoms with Crippen LogP contribution in [-0.2, 0) is 0 Å². The fourth-order valence-corrected chi connectivity index (χ4v) is 3.14. The molecule has 0 aliphatic heterocycles. The van der Waals surface area contributed by atoms with Crippen molar-refractivity contribution in [3.63, 3.8) is 0 Å². The lowest BCUT2D eigenvalue weighted by Crippen LogP contribution is -2.17. The molecule has 2 N–H and O–H groups in total. The van der Waals surface area contributed by atoms with Crippen LogP contribution in [0, 0.1) is 0 Å². The number of rotatable bonds is 6. The van der Waals surface area contributed by atoms with Crippen molar-refractivity contribution in [2.45, 2.75) is 0 Å². The van der Waals surface area contributed by atoms with Gasteiger partial charge in [-0.15, -0.1) is 0 Å². The number of anilines is 2. The van der Waals surface area contributed by atoms with E-state index in [1.165, 1.54) is 7.11 Å². The molecule has 0 fully saturated rings. The van der Waals surface area contributed by atoms with Gasteiger partial charge in [0.1, 0.15) is 22.8 Å². The summed E-state index contributed by atoms with van der Waals surface area (Å²) in [4.78, 5) is 25.8. The summed E-state index contributed by atoms with van der Waals surface area (Å²) in [6.45, 7) is 0. The Morgan fingerprint density at radius 1 is 0.774 bits per heavy atom. The first kappa shape index (κ1) is 20.0. The smallest absolute Gasteiger partial charge is 0.293 e. The molecule has 4 aromatic rings. The third kappa shape index (κ3) is 4.20. The van der Waals surface area contributed by atoms with Crippen molar-refractivity contribution in [2.24, 2.45) is 0 Å². The highest BCUT2D eigenvalue weighted by molar-refractivity contribution is 6.16. The largest absolute Gasteiger partial charge is 0.497 e. The predicted octanol–water partition coefficient (Wildman–Crippen LogP) is 4.95. The summed E-state index contributed by atoms with van der Waals surface area (Å²) in [5, 5.41) is 6.22. The zero-order valence-electron chi connectivity index (χ0n) is 17.0. The van der Waals surface area contributed by atoms with E-state index < -0.39 is 5.91 Å². The van der Waals surface area contributed by atoms with Crippen LogP contribution in [0.5, 0.6) is 11.5 Å². The maximum Gasteiger partial charge on any atom is 0.293 e. The fraction of sp³-hybridized carbons (Fsp3) is 0.0833. The van der Waals surface area contributed by atoms with Crippen LogP contribution in [0.3, 0.4) is 0 Å². The third-order valence-electron chi connectivity index (χ3n) is 4.72. The van der Waals surface area contributed by atoms with Crippen molar-refractivity contribution in [1.82, 2.24) is 0 Å². The molecule has 1 heterocycles. The minimum absolute atomic E-state index is 0.00765. The molecule has 3 aromatic carbocycles. The Hall–Kier alpha value is -4.26. The van der Waals surface area contributed by atoms with E-state index in [4.69, 9.17) is 13.9 Å². The number of para-hydroxylation sites is 1. The van der Waals surface area contributed by atoms with Gasteiger partial charge in [-0.05, 0) is 54.6 Å². The van der Waals surface area contributed by atoms with E-state index in [0.717, 1.165) is 0 Å². The van der Waals surface area contributed by atoms with Crippen molar-refractivity contribution < 1.29 is 23.5 Å². The fourth-order valence-electron chi connectivity index (χ4n) is 3.14. The standard InChI is InChI=1S/C24H20N2O5/c1-29-17-12-10-16(11-13-17)25-24(28)22-21(19-8-3-4-9-20(19)31-22)26-23(27)15-6-5-7-18(14-15)30-2/h3-14H,1-2H3,(H,25,28)(H,26,27). The van der Waals surface area contributed by atoms with Crippen LogP contribution in [-0.4, -0.2) is 26.0 Å². The average Bonchev–Trinajstić information content (AvgIpc) is 3.18. The first-order valence-electron chi connectivity index (χ1n) is 9.51. The van der Waals surface area contributed by atoms with Crippen molar-refractivity contribution in [1.29, 1.82) is 0 Å². The molecule has 31 heavy (non-hydrogen) atoms. The van der Waals surface area contributed by atoms with Gasteiger partial charge in [-0.2, -0.15) is 0 Å². The molecule has 4 rings (SSSR count). The molecule has 0 saturated heterocycles. The molecule has 0 aliphatic carbocycles. The first-order chi connectivity index (χ1) is 15.1. The number of furan rings is 1. The van der Waals surface area contributed by atoms with Crippen LogP contribution >= 0.6 is 0 Å². The normalized spacial score (nSPS) is 10.5. The monoisotopic (exact) mass is 416 g/mol. The Morgan fingerprint density at radius 2 is 1.52 bits per heavy atom. The summed E-state index contributed by atoms with van der Waals surface area (Å²) in [5.41, 5.74) is 1.75. The molecule has 7 nitrogen and oxygen atoms in total. The number of carbonyl (C=O) groups is 2. The van der Waals surface area contributed by atoms with Crippen molar-refractivity contribution in [3.05, 3.63) is 84.1 Å². The minimum Gasteiger partial charge on any atom is -0.497 e. The van der Waals surface area contributed by atoms with Gasteiger partial charge in [0.15, 0.2) is 0 Å². The summed E-state index contributed by atoms with van der Waals surface area (Å²) < 4.78 is 16.1. The summed E-state index contributed by atoms with van der Waals surface area (Å²) in [5.74, 6) is 0.370. The molecule has 2 amide bonds. The molecular weight excluding hydrogens is 396 g/mol. The summed E-state index contributed by atoms with van der Waals surface area (Å²) in [7, 11) is 3.10. The molecule has 0 spiro atoms. The SMILES string of the molecule is COc1ccc(NC(=O)c2oc3ccccc3c2NC(=O)c2cccc(OC)c2)cc1. The Bertz CT molecular complexity index is 1240. The average molecular weight is 416 g/mol. The number of methoxy groups -OCH3 is 2. The second-order valence-electron chi connectivity index (χ2n) is 6.67. The zero-order valence-corrected chi connectivity index (χ0v) is 17.0. The van der Waals surface area contributed by atoms with E-state index in [0.29, 0.717) is 39.4 Å². The third-order valence-corrected chi connectivity index (χ3v) is 4.72. The Kier molecular flexibility index (Phi) is 5.57. The van der Waals surface area contributed by atoms with Crippen LogP contribution in [0.15, 0.2) is 77.2 Å². The number of carbonyl (C=O) groups excluding carboxylic acids is 2. The van der Waals surface area contributed by atoms with Crippen LogP contribution < -0.4 is 20.1 Å². The van der Waals surface area contributed by atoms with Gasteiger partial charge in [-0.1, -0.05) is 18.2 Å². The number of benzene rings is 3. The van der Waals surface area contributed by atoms with Gasteiger partial charge in [0.2, 0.25) is 5.76 Å². The molecule has 0 atom stereocenters. The number of amides is 2. The number of ether oxygens (including phenoxy) is 2. The molecule has 0 unspecified atom stereocenters. The van der Waals surface area contributed by atoms with Crippen LogP contribution in [0.4, 0.5) is 11.4 Å². The van der Waals surface area contributed by atoms with Gasteiger partial charge in [0.25, 0.3) is 11.8 Å². The van der Waals surface area contributed by atoms with Gasteiger partial charge in [0.05, 0.1) is 14.2 Å². The van der Waals surface area contributed by atoms with Crippen molar-refractivity contribution >= 4 is 34.2 Å². The van der Waals surface area contributed by atoms with E-state index in [1.807, 2.05) is 6.07 Å². The van der Waals surface area contributed by atoms with Gasteiger partial charge in [-0.25, -0.2) is 0 Å². The van der Waals surface area contributed by atoms with Crippen LogP contribution in [0.25, 0.3) is 11.0 Å². The van der Waals surface area contributed by atoms with Crippen molar-refractivity contribution in [2.75, 3.05) is 24.9 Å². The number of fused-ring (bicyclic) bond motifs is 1. The first-order valence-corrected chi connectivity index (χ1v) is 9.51. The topological polar surface area (TPSA) is 89.8 Å². The molecule has 1 aromatic heterocycles. The molecular formula is C24H20N2O5. The van der Waals surface area contributed by atoms with E-state index in [9.17, 15) is 9.59 Å². The number of nitrogens with one attached hydrogen (secondary N) is 2. The number of hydrogen-bond acceptors (Lipinski definition) is 5. The summed E-state index contributed by atoms with van der Waals surface area (Å²) in [6.07, 6.45) is 0. The maximum absolute atomic E-state index is 13.0.